The number of hydrogen-bond donors (Lipinski definition) is 3. The van der Waals surface area contributed by atoms with Crippen LogP contribution in [0, 0.1) is 0 Å². The fourth-order valence-electron chi connectivity index (χ4n) is 3.61. The third-order valence-corrected chi connectivity index (χ3v) is 4.71. The maximum Gasteiger partial charge on any atom is 0.270 e. The van der Waals surface area contributed by atoms with Crippen LogP contribution in [0.1, 0.15) is 36.3 Å². The van der Waals surface area contributed by atoms with Gasteiger partial charge in [-0.3, -0.25) is 19.8 Å². The van der Waals surface area contributed by atoms with Crippen LogP contribution in [-0.2, 0) is 4.79 Å². The van der Waals surface area contributed by atoms with Crippen LogP contribution >= 0.6 is 0 Å². The van der Waals surface area contributed by atoms with Gasteiger partial charge >= 0.3 is 0 Å². The van der Waals surface area contributed by atoms with Gasteiger partial charge in [0.05, 0.1) is 5.56 Å². The number of aromatic amines is 2. The summed E-state index contributed by atoms with van der Waals surface area (Å²) >= 11 is 0. The Morgan fingerprint density at radius 1 is 1.16 bits per heavy atom. The lowest BCUT2D eigenvalue weighted by Crippen LogP contribution is -2.29. The first-order valence-corrected chi connectivity index (χ1v) is 8.36. The lowest BCUT2D eigenvalue weighted by Gasteiger charge is -2.31. The minimum atomic E-state index is -0.359. The Hall–Kier alpha value is -3.02. The van der Waals surface area contributed by atoms with E-state index >= 15 is 0 Å². The van der Waals surface area contributed by atoms with Crippen molar-refractivity contribution >= 4 is 11.6 Å². The van der Waals surface area contributed by atoms with Crippen LogP contribution in [0.2, 0.25) is 0 Å². The van der Waals surface area contributed by atoms with Gasteiger partial charge in [0.15, 0.2) is 5.78 Å². The number of ether oxygens (including phenoxy) is 1. The second-order valence-electron chi connectivity index (χ2n) is 6.26. The van der Waals surface area contributed by atoms with Crippen LogP contribution in [0.5, 0.6) is 5.75 Å². The van der Waals surface area contributed by atoms with Gasteiger partial charge in [0.2, 0.25) is 0 Å². The predicted molar refractivity (Wildman–Crippen MR) is 94.9 cm³/mol. The van der Waals surface area contributed by atoms with E-state index in [0.29, 0.717) is 30.0 Å². The molecule has 2 aromatic rings. The maximum absolute atomic E-state index is 12.6. The van der Waals surface area contributed by atoms with Crippen molar-refractivity contribution in [1.82, 2.24) is 10.2 Å². The van der Waals surface area contributed by atoms with Gasteiger partial charge in [0.1, 0.15) is 18.2 Å². The number of Topliss-reactive ketones (excluding diaryl/α,β-unsaturated/α-hetero) is 1. The Morgan fingerprint density at radius 2 is 1.96 bits per heavy atom. The zero-order chi connectivity index (χ0) is 17.4. The van der Waals surface area contributed by atoms with E-state index in [1.165, 1.54) is 0 Å². The molecule has 1 aromatic carbocycles. The molecule has 1 aliphatic heterocycles. The summed E-state index contributed by atoms with van der Waals surface area (Å²) in [5.74, 6) is 1.12. The average molecular weight is 337 g/mol. The van der Waals surface area contributed by atoms with Crippen LogP contribution in [0.3, 0.4) is 0 Å². The molecule has 4 rings (SSSR count). The number of carbonyl (C=O) groups excluding carboxylic acids is 1. The molecular formula is C19H19N3O3. The number of allylic oxidation sites excluding steroid dienone is 2. The largest absolute Gasteiger partial charge is 0.490 e. The molecule has 0 spiro atoms. The summed E-state index contributed by atoms with van der Waals surface area (Å²) in [5.41, 5.74) is 2.89. The van der Waals surface area contributed by atoms with Crippen molar-refractivity contribution in [2.75, 3.05) is 11.9 Å². The Bertz CT molecular complexity index is 918. The number of H-pyrrole nitrogens is 2. The van der Waals surface area contributed by atoms with Crippen molar-refractivity contribution in [2.45, 2.75) is 25.2 Å². The summed E-state index contributed by atoms with van der Waals surface area (Å²) in [6, 6.07) is 7.54. The maximum atomic E-state index is 12.6. The minimum Gasteiger partial charge on any atom is -0.490 e. The van der Waals surface area contributed by atoms with E-state index in [1.807, 2.05) is 24.3 Å². The van der Waals surface area contributed by atoms with Crippen molar-refractivity contribution < 1.29 is 9.53 Å². The van der Waals surface area contributed by atoms with Crippen molar-refractivity contribution in [2.24, 2.45) is 0 Å². The monoisotopic (exact) mass is 337 g/mol. The number of fused-ring (bicyclic) bond motifs is 1. The number of hydrogen-bond acceptors (Lipinski definition) is 4. The highest BCUT2D eigenvalue weighted by Gasteiger charge is 2.37. The number of ketones is 1. The molecule has 0 radical (unpaired) electrons. The van der Waals surface area contributed by atoms with Crippen LogP contribution in [0.15, 0.2) is 53.0 Å². The van der Waals surface area contributed by atoms with E-state index in [1.54, 1.807) is 6.08 Å². The van der Waals surface area contributed by atoms with Crippen LogP contribution < -0.4 is 15.6 Å². The third-order valence-electron chi connectivity index (χ3n) is 4.71. The second kappa shape index (κ2) is 6.12. The van der Waals surface area contributed by atoms with Gasteiger partial charge < -0.3 is 10.1 Å². The predicted octanol–water partition coefficient (Wildman–Crippen LogP) is 2.83. The van der Waals surface area contributed by atoms with Gasteiger partial charge in [-0.2, -0.15) is 0 Å². The average Bonchev–Trinajstić information content (AvgIpc) is 3.00. The standard InChI is InChI=1S/C19H19N3O3/c1-2-10-25-12-8-6-11(7-9-12)15-16-13(4-3-5-14(16)23)20-18-17(15)19(24)22-21-18/h2,6-9,15H,1,3-5,10H2,(H3,20,21,22,24)/t15-/m0/s1. The summed E-state index contributed by atoms with van der Waals surface area (Å²) in [5, 5.41) is 8.73. The topological polar surface area (TPSA) is 87.0 Å². The van der Waals surface area contributed by atoms with Gasteiger partial charge in [0.25, 0.3) is 5.56 Å². The smallest absolute Gasteiger partial charge is 0.270 e. The number of anilines is 1. The quantitative estimate of drug-likeness (QED) is 0.749. The van der Waals surface area contributed by atoms with Crippen molar-refractivity contribution in [3.63, 3.8) is 0 Å². The highest BCUT2D eigenvalue weighted by atomic mass is 16.5. The zero-order valence-corrected chi connectivity index (χ0v) is 13.7. The van der Waals surface area contributed by atoms with E-state index < -0.39 is 0 Å². The fourth-order valence-corrected chi connectivity index (χ4v) is 3.61. The first-order valence-electron chi connectivity index (χ1n) is 8.36. The molecule has 6 nitrogen and oxygen atoms in total. The molecular weight excluding hydrogens is 318 g/mol. The van der Waals surface area contributed by atoms with Gasteiger partial charge in [-0.15, -0.1) is 0 Å². The van der Waals surface area contributed by atoms with Gasteiger partial charge in [-0.1, -0.05) is 24.8 Å². The zero-order valence-electron chi connectivity index (χ0n) is 13.7. The molecule has 128 valence electrons. The molecule has 0 fully saturated rings. The highest BCUT2D eigenvalue weighted by molar-refractivity contribution is 6.00. The minimum absolute atomic E-state index is 0.108. The summed E-state index contributed by atoms with van der Waals surface area (Å²) in [7, 11) is 0. The van der Waals surface area contributed by atoms with Crippen LogP contribution in [0.25, 0.3) is 0 Å². The van der Waals surface area contributed by atoms with Gasteiger partial charge in [-0.05, 0) is 30.5 Å². The molecule has 0 amide bonds. The summed E-state index contributed by atoms with van der Waals surface area (Å²) in [4.78, 5) is 24.9. The van der Waals surface area contributed by atoms with Gasteiger partial charge in [0, 0.05) is 23.6 Å². The lowest BCUT2D eigenvalue weighted by molar-refractivity contribution is -0.116. The highest BCUT2D eigenvalue weighted by Crippen LogP contribution is 2.43. The number of benzene rings is 1. The first kappa shape index (κ1) is 15.5. The van der Waals surface area contributed by atoms with E-state index in [0.717, 1.165) is 29.9 Å². The summed E-state index contributed by atoms with van der Waals surface area (Å²) in [6.07, 6.45) is 3.85. The molecule has 2 heterocycles. The normalized spacial score (nSPS) is 19.0. The van der Waals surface area contributed by atoms with E-state index in [9.17, 15) is 9.59 Å². The lowest BCUT2D eigenvalue weighted by atomic mass is 9.77. The van der Waals surface area contributed by atoms with E-state index in [4.69, 9.17) is 4.74 Å². The molecule has 2 aliphatic rings. The summed E-state index contributed by atoms with van der Waals surface area (Å²) < 4.78 is 5.52. The number of nitrogens with one attached hydrogen (secondary N) is 3. The Kier molecular flexibility index (Phi) is 3.80. The Labute approximate surface area is 144 Å². The van der Waals surface area contributed by atoms with Crippen molar-refractivity contribution in [3.05, 3.63) is 69.7 Å². The van der Waals surface area contributed by atoms with Crippen LogP contribution in [-0.4, -0.2) is 22.6 Å². The molecule has 25 heavy (non-hydrogen) atoms. The molecule has 0 saturated carbocycles. The first-order chi connectivity index (χ1) is 12.2. The fraction of sp³-hybridized carbons (Fsp3) is 0.263. The molecule has 0 bridgehead atoms. The molecule has 6 heteroatoms. The number of carbonyl (C=O) groups is 1. The number of aromatic nitrogens is 2. The van der Waals surface area contributed by atoms with Crippen molar-refractivity contribution in [1.29, 1.82) is 0 Å². The van der Waals surface area contributed by atoms with E-state index in [-0.39, 0.29) is 17.3 Å². The van der Waals surface area contributed by atoms with Crippen LogP contribution in [0.4, 0.5) is 5.82 Å². The third kappa shape index (κ3) is 2.59. The van der Waals surface area contributed by atoms with Crippen molar-refractivity contribution in [3.8, 4) is 5.75 Å². The molecule has 0 saturated heterocycles. The van der Waals surface area contributed by atoms with Gasteiger partial charge in [-0.25, -0.2) is 0 Å². The Morgan fingerprint density at radius 3 is 2.72 bits per heavy atom. The molecule has 0 unspecified atom stereocenters. The SMILES string of the molecule is C=CCOc1ccc([C@H]2C3=C(CCCC3=O)Nc3[nH][nH]c(=O)c32)cc1. The molecule has 1 aromatic heterocycles. The Balaban J connectivity index is 1.81. The number of rotatable bonds is 4. The summed E-state index contributed by atoms with van der Waals surface area (Å²) in [6.45, 7) is 4.06. The second-order valence-corrected chi connectivity index (χ2v) is 6.26. The molecule has 3 N–H and O–H groups in total. The molecule has 1 aliphatic carbocycles. The van der Waals surface area contributed by atoms with E-state index in [2.05, 4.69) is 22.1 Å². The molecule has 1 atom stereocenters.